The van der Waals surface area contributed by atoms with E-state index in [1.807, 2.05) is 0 Å². The van der Waals surface area contributed by atoms with Crippen LogP contribution in [0.15, 0.2) is 36.4 Å². The highest BCUT2D eigenvalue weighted by molar-refractivity contribution is 5.90. The minimum atomic E-state index is -5.11. The molecular weight excluding hydrogens is 424 g/mol. The summed E-state index contributed by atoms with van der Waals surface area (Å²) in [6, 6.07) is 4.41. The SMILES string of the molecule is CN(N)C(=O)Nc1cccc(OC(F)(F)F)c1COc1ccc(O)cc1C(F)(F)F. The number of phenols is 1. The van der Waals surface area contributed by atoms with E-state index in [1.54, 1.807) is 0 Å². The van der Waals surface area contributed by atoms with Crippen molar-refractivity contribution >= 4 is 11.7 Å². The first kappa shape index (κ1) is 22.9. The number of nitrogens with one attached hydrogen (secondary N) is 1. The number of aromatic hydroxyl groups is 1. The van der Waals surface area contributed by atoms with Crippen LogP contribution in [-0.2, 0) is 12.8 Å². The third-order valence-electron chi connectivity index (χ3n) is 3.56. The zero-order valence-corrected chi connectivity index (χ0v) is 15.1. The van der Waals surface area contributed by atoms with Gasteiger partial charge in [-0.2, -0.15) is 13.2 Å². The van der Waals surface area contributed by atoms with Gasteiger partial charge in [-0.3, -0.25) is 5.01 Å². The first-order valence-electron chi connectivity index (χ1n) is 7.98. The molecule has 0 bridgehead atoms. The average molecular weight is 439 g/mol. The molecule has 2 aromatic carbocycles. The summed E-state index contributed by atoms with van der Waals surface area (Å²) in [6.07, 6.45) is -10.0. The van der Waals surface area contributed by atoms with Gasteiger partial charge in [0.05, 0.1) is 11.3 Å². The molecule has 0 aliphatic carbocycles. The van der Waals surface area contributed by atoms with Gasteiger partial charge >= 0.3 is 18.6 Å². The van der Waals surface area contributed by atoms with E-state index in [9.17, 15) is 36.2 Å². The predicted octanol–water partition coefficient (Wildman–Crippen LogP) is 4.23. The molecule has 2 rings (SSSR count). The number of nitrogens with zero attached hydrogens (tertiary/aromatic N) is 1. The van der Waals surface area contributed by atoms with Gasteiger partial charge in [-0.15, -0.1) is 13.2 Å². The number of nitrogens with two attached hydrogens (primary N) is 1. The quantitative estimate of drug-likeness (QED) is 0.281. The summed E-state index contributed by atoms with van der Waals surface area (Å²) in [6.45, 7) is -0.843. The Bertz CT molecular complexity index is 915. The monoisotopic (exact) mass is 439 g/mol. The van der Waals surface area contributed by atoms with Crippen molar-refractivity contribution in [2.75, 3.05) is 12.4 Å². The molecule has 2 amide bonds. The van der Waals surface area contributed by atoms with E-state index in [1.165, 1.54) is 6.07 Å². The van der Waals surface area contributed by atoms with Crippen molar-refractivity contribution in [3.63, 3.8) is 0 Å². The number of amides is 2. The normalized spacial score (nSPS) is 11.7. The van der Waals surface area contributed by atoms with E-state index in [-0.39, 0.29) is 5.69 Å². The topological polar surface area (TPSA) is 97.1 Å². The lowest BCUT2D eigenvalue weighted by molar-refractivity contribution is -0.275. The van der Waals surface area contributed by atoms with E-state index >= 15 is 0 Å². The maximum Gasteiger partial charge on any atom is 0.573 e. The van der Waals surface area contributed by atoms with Crippen LogP contribution in [0.1, 0.15) is 11.1 Å². The first-order valence-corrected chi connectivity index (χ1v) is 7.98. The number of anilines is 1. The zero-order valence-electron chi connectivity index (χ0n) is 15.1. The van der Waals surface area contributed by atoms with Crippen molar-refractivity contribution < 1.29 is 45.7 Å². The van der Waals surface area contributed by atoms with Gasteiger partial charge in [-0.1, -0.05) is 6.07 Å². The number of ether oxygens (including phenoxy) is 2. The van der Waals surface area contributed by atoms with E-state index in [0.717, 1.165) is 31.3 Å². The zero-order chi connectivity index (χ0) is 22.7. The fraction of sp³-hybridized carbons (Fsp3) is 0.235. The molecule has 0 saturated carbocycles. The molecule has 0 aliphatic heterocycles. The van der Waals surface area contributed by atoms with Crippen molar-refractivity contribution in [3.8, 4) is 17.2 Å². The van der Waals surface area contributed by atoms with Gasteiger partial charge in [0.1, 0.15) is 29.4 Å². The van der Waals surface area contributed by atoms with Crippen LogP contribution >= 0.6 is 0 Å². The van der Waals surface area contributed by atoms with Crippen molar-refractivity contribution in [2.24, 2.45) is 5.84 Å². The first-order chi connectivity index (χ1) is 13.8. The Morgan fingerprint density at radius 3 is 2.37 bits per heavy atom. The largest absolute Gasteiger partial charge is 0.573 e. The molecule has 0 fully saturated rings. The molecule has 0 radical (unpaired) electrons. The molecule has 7 nitrogen and oxygen atoms in total. The number of hydrogen-bond acceptors (Lipinski definition) is 5. The summed E-state index contributed by atoms with van der Waals surface area (Å²) in [4.78, 5) is 11.8. The van der Waals surface area contributed by atoms with Gasteiger partial charge in [0, 0.05) is 7.05 Å². The second-order valence-electron chi connectivity index (χ2n) is 5.84. The molecule has 0 aliphatic rings. The Labute approximate surface area is 165 Å². The maximum absolute atomic E-state index is 13.2. The number of carbonyl (C=O) groups excluding carboxylic acids is 1. The van der Waals surface area contributed by atoms with Gasteiger partial charge in [-0.25, -0.2) is 10.6 Å². The summed E-state index contributed by atoms with van der Waals surface area (Å²) in [7, 11) is 1.16. The molecular formula is C17H15F6N3O4. The van der Waals surface area contributed by atoms with Crippen molar-refractivity contribution in [1.82, 2.24) is 5.01 Å². The minimum Gasteiger partial charge on any atom is -0.508 e. The fourth-order valence-electron chi connectivity index (χ4n) is 2.27. The number of carbonyl (C=O) groups is 1. The second kappa shape index (κ2) is 8.57. The second-order valence-corrected chi connectivity index (χ2v) is 5.84. The molecule has 2 aromatic rings. The minimum absolute atomic E-state index is 0.230. The Morgan fingerprint density at radius 1 is 1.13 bits per heavy atom. The highest BCUT2D eigenvalue weighted by Gasteiger charge is 2.36. The van der Waals surface area contributed by atoms with Crippen LogP contribution in [0, 0.1) is 0 Å². The van der Waals surface area contributed by atoms with Crippen LogP contribution in [0.3, 0.4) is 0 Å². The lowest BCUT2D eigenvalue weighted by Crippen LogP contribution is -2.37. The summed E-state index contributed by atoms with van der Waals surface area (Å²) in [5, 5.41) is 12.1. The third-order valence-corrected chi connectivity index (χ3v) is 3.56. The van der Waals surface area contributed by atoms with Gasteiger partial charge in [0.25, 0.3) is 0 Å². The van der Waals surface area contributed by atoms with Crippen molar-refractivity contribution in [1.29, 1.82) is 0 Å². The smallest absolute Gasteiger partial charge is 0.508 e. The van der Waals surface area contributed by atoms with Crippen LogP contribution < -0.4 is 20.6 Å². The molecule has 0 unspecified atom stereocenters. The Kier molecular flexibility index (Phi) is 6.55. The number of rotatable bonds is 5. The van der Waals surface area contributed by atoms with Gasteiger partial charge < -0.3 is 19.9 Å². The van der Waals surface area contributed by atoms with Crippen LogP contribution in [0.5, 0.6) is 17.2 Å². The van der Waals surface area contributed by atoms with E-state index in [0.29, 0.717) is 11.1 Å². The summed E-state index contributed by atoms with van der Waals surface area (Å²) in [5.41, 5.74) is -1.97. The predicted molar refractivity (Wildman–Crippen MR) is 91.5 cm³/mol. The maximum atomic E-state index is 13.2. The van der Waals surface area contributed by atoms with E-state index < -0.39 is 53.6 Å². The molecule has 164 valence electrons. The molecule has 0 atom stereocenters. The molecule has 0 aromatic heterocycles. The summed E-state index contributed by atoms with van der Waals surface area (Å²) >= 11 is 0. The lowest BCUT2D eigenvalue weighted by atomic mass is 10.1. The highest BCUT2D eigenvalue weighted by Crippen LogP contribution is 2.39. The van der Waals surface area contributed by atoms with E-state index in [2.05, 4.69) is 10.1 Å². The molecule has 0 saturated heterocycles. The van der Waals surface area contributed by atoms with Crippen LogP contribution in [0.4, 0.5) is 36.8 Å². The molecule has 4 N–H and O–H groups in total. The van der Waals surface area contributed by atoms with Crippen molar-refractivity contribution in [3.05, 3.63) is 47.5 Å². The number of hydrogen-bond donors (Lipinski definition) is 3. The van der Waals surface area contributed by atoms with Crippen LogP contribution in [-0.4, -0.2) is 29.6 Å². The van der Waals surface area contributed by atoms with Crippen LogP contribution in [0.25, 0.3) is 0 Å². The van der Waals surface area contributed by atoms with Gasteiger partial charge in [0.2, 0.25) is 0 Å². The van der Waals surface area contributed by atoms with Gasteiger partial charge in [0.15, 0.2) is 0 Å². The summed E-state index contributed by atoms with van der Waals surface area (Å²) < 4.78 is 86.6. The molecule has 0 spiro atoms. The Hall–Kier alpha value is -3.35. The number of phenolic OH excluding ortho intramolecular Hbond substituents is 1. The Morgan fingerprint density at radius 2 is 1.80 bits per heavy atom. The number of hydrazine groups is 1. The van der Waals surface area contributed by atoms with E-state index in [4.69, 9.17) is 10.6 Å². The number of benzene rings is 2. The standard InChI is InChI=1S/C17H15F6N3O4/c1-26(24)15(28)25-12-3-2-4-13(30-17(21,22)23)10(12)8-29-14-6-5-9(27)7-11(14)16(18,19)20/h2-7,27H,8,24H2,1H3,(H,25,28). The highest BCUT2D eigenvalue weighted by atomic mass is 19.4. The van der Waals surface area contributed by atoms with Gasteiger partial charge in [-0.05, 0) is 30.3 Å². The molecule has 0 heterocycles. The Balaban J connectivity index is 2.43. The fourth-order valence-corrected chi connectivity index (χ4v) is 2.27. The number of urea groups is 1. The van der Waals surface area contributed by atoms with Crippen molar-refractivity contribution in [2.45, 2.75) is 19.1 Å². The molecule has 30 heavy (non-hydrogen) atoms. The molecule has 13 heteroatoms. The lowest BCUT2D eigenvalue weighted by Gasteiger charge is -2.20. The number of alkyl halides is 6. The summed E-state index contributed by atoms with van der Waals surface area (Å²) in [5.74, 6) is 3.01. The number of halogens is 6. The third kappa shape index (κ3) is 6.07. The average Bonchev–Trinajstić information content (AvgIpc) is 2.59. The van der Waals surface area contributed by atoms with Crippen LogP contribution in [0.2, 0.25) is 0 Å².